The van der Waals surface area contributed by atoms with Crippen molar-refractivity contribution >= 4 is 46.6 Å². The topological polar surface area (TPSA) is 148 Å². The molecule has 0 radical (unpaired) electrons. The van der Waals surface area contributed by atoms with E-state index >= 15 is 0 Å². The van der Waals surface area contributed by atoms with E-state index in [0.717, 1.165) is 17.4 Å². The predicted octanol–water partition coefficient (Wildman–Crippen LogP) is 3.87. The summed E-state index contributed by atoms with van der Waals surface area (Å²) in [5.41, 5.74) is 3.06. The van der Waals surface area contributed by atoms with Crippen LogP contribution in [0.5, 0.6) is 23.0 Å². The van der Waals surface area contributed by atoms with Gasteiger partial charge in [-0.1, -0.05) is 6.08 Å². The van der Waals surface area contributed by atoms with Crippen molar-refractivity contribution in [2.75, 3.05) is 20.2 Å². The van der Waals surface area contributed by atoms with Crippen LogP contribution in [0.25, 0.3) is 6.08 Å². The molecule has 0 atom stereocenters. The molecular weight excluding hydrogens is 607 g/mol. The van der Waals surface area contributed by atoms with Crippen LogP contribution in [0.15, 0.2) is 76.1 Å². The molecule has 2 aromatic heterocycles. The van der Waals surface area contributed by atoms with Crippen LogP contribution in [-0.4, -0.2) is 48.8 Å². The first kappa shape index (κ1) is 37.7. The monoisotopic (exact) mass is 636 g/mol. The Kier molecular flexibility index (Phi) is 18.0. The summed E-state index contributed by atoms with van der Waals surface area (Å²) in [5.74, 6) is 2.67. The summed E-state index contributed by atoms with van der Waals surface area (Å²) in [6.45, 7) is 4.08. The Hall–Kier alpha value is -3.33. The van der Waals surface area contributed by atoms with E-state index in [-0.39, 0.29) is 60.2 Å². The molecule has 2 aromatic carbocycles. The molecular formula is C30H29NaO10S2. The SMILES string of the molecule is CC(=O)c1ccc2c(c1)OCO2.CCOO.O=C(/C=C/c1ccsc1)c1ccc2c(c1)OCO2.O=Cc1ccsc1.[Na+].[OH-]. The molecule has 0 amide bonds. The van der Waals surface area contributed by atoms with Gasteiger partial charge >= 0.3 is 29.6 Å². The van der Waals surface area contributed by atoms with E-state index < -0.39 is 0 Å². The predicted molar refractivity (Wildman–Crippen MR) is 159 cm³/mol. The quantitative estimate of drug-likeness (QED) is 0.0826. The zero-order valence-corrected chi connectivity index (χ0v) is 27.4. The maximum Gasteiger partial charge on any atom is 1.00 e. The normalized spacial score (nSPS) is 11.2. The number of aldehydes is 1. The molecule has 0 bridgehead atoms. The largest absolute Gasteiger partial charge is 1.00 e. The van der Waals surface area contributed by atoms with Gasteiger partial charge in [-0.05, 0) is 90.2 Å². The number of rotatable bonds is 6. The average Bonchev–Trinajstić information content (AvgIpc) is 3.83. The minimum atomic E-state index is -0.0421. The van der Waals surface area contributed by atoms with Crippen LogP contribution in [0, 0.1) is 0 Å². The van der Waals surface area contributed by atoms with Crippen molar-refractivity contribution in [2.45, 2.75) is 13.8 Å². The van der Waals surface area contributed by atoms with E-state index in [4.69, 9.17) is 24.2 Å². The zero-order chi connectivity index (χ0) is 29.5. The third-order valence-corrected chi connectivity index (χ3v) is 6.62. The summed E-state index contributed by atoms with van der Waals surface area (Å²) in [4.78, 5) is 36.3. The van der Waals surface area contributed by atoms with Gasteiger partial charge in [-0.3, -0.25) is 19.6 Å². The number of fused-ring (bicyclic) bond motifs is 2. The standard InChI is InChI=1S/C14H10O3S.C9H8O3.C5H4OS.C2H6O2.Na.H2O/c15-12(3-1-10-5-6-18-8-10)11-2-4-13-14(7-11)17-9-16-13;1-6(10)7-2-3-8-9(4-7)12-5-11-8;6-3-5-1-2-7-4-5;1-2-4-3;;/h1-8H,9H2;2-4H,5H2,1H3;1-4H;3H,2H2,1H3;;1H2/q;;;;+1;/p-1/b3-1+;;;;;. The number of benzene rings is 2. The maximum absolute atomic E-state index is 12.0. The van der Waals surface area contributed by atoms with E-state index in [1.54, 1.807) is 66.8 Å². The van der Waals surface area contributed by atoms with Gasteiger partial charge in [0, 0.05) is 22.1 Å². The first-order chi connectivity index (χ1) is 19.9. The van der Waals surface area contributed by atoms with Crippen LogP contribution in [0.4, 0.5) is 0 Å². The molecule has 0 spiro atoms. The molecule has 2 aliphatic heterocycles. The summed E-state index contributed by atoms with van der Waals surface area (Å²) in [6.07, 6.45) is 4.22. The molecule has 222 valence electrons. The molecule has 4 aromatic rings. The van der Waals surface area contributed by atoms with Crippen LogP contribution in [0.3, 0.4) is 0 Å². The third-order valence-electron chi connectivity index (χ3n) is 5.21. The van der Waals surface area contributed by atoms with Crippen molar-refractivity contribution in [3.63, 3.8) is 0 Å². The average molecular weight is 637 g/mol. The molecule has 10 nitrogen and oxygen atoms in total. The van der Waals surface area contributed by atoms with Crippen LogP contribution in [0.2, 0.25) is 0 Å². The Morgan fingerprint density at radius 2 is 1.33 bits per heavy atom. The molecule has 13 heteroatoms. The fourth-order valence-corrected chi connectivity index (χ4v) is 4.38. The molecule has 0 aliphatic carbocycles. The van der Waals surface area contributed by atoms with Gasteiger partial charge in [0.2, 0.25) is 13.6 Å². The first-order valence-electron chi connectivity index (χ1n) is 12.2. The molecule has 2 aliphatic rings. The number of carbonyl (C=O) groups is 3. The number of hydrogen-bond donors (Lipinski definition) is 1. The molecule has 2 N–H and O–H groups in total. The van der Waals surface area contributed by atoms with E-state index in [2.05, 4.69) is 4.89 Å². The fourth-order valence-electron chi connectivity index (χ4n) is 3.15. The van der Waals surface area contributed by atoms with E-state index in [0.29, 0.717) is 40.7 Å². The minimum absolute atomic E-state index is 0. The van der Waals surface area contributed by atoms with Gasteiger partial charge in [0.25, 0.3) is 0 Å². The Labute approximate surface area is 279 Å². The summed E-state index contributed by atoms with van der Waals surface area (Å²) in [5, 5.41) is 15.0. The second-order valence-corrected chi connectivity index (χ2v) is 9.60. The van der Waals surface area contributed by atoms with Crippen molar-refractivity contribution in [1.82, 2.24) is 0 Å². The van der Waals surface area contributed by atoms with Crippen molar-refractivity contribution in [1.29, 1.82) is 0 Å². The molecule has 0 unspecified atom stereocenters. The summed E-state index contributed by atoms with van der Waals surface area (Å²) in [7, 11) is 0. The number of hydrogen-bond acceptors (Lipinski definition) is 12. The molecule has 0 saturated carbocycles. The van der Waals surface area contributed by atoms with Crippen molar-refractivity contribution in [3.8, 4) is 23.0 Å². The van der Waals surface area contributed by atoms with Crippen molar-refractivity contribution < 1.29 is 78.5 Å². The number of thiophene rings is 2. The maximum atomic E-state index is 12.0. The van der Waals surface area contributed by atoms with Gasteiger partial charge < -0.3 is 24.4 Å². The second-order valence-electron chi connectivity index (χ2n) is 8.04. The third kappa shape index (κ3) is 12.4. The van der Waals surface area contributed by atoms with Gasteiger partial charge in [0.15, 0.2) is 40.9 Å². The van der Waals surface area contributed by atoms with Gasteiger partial charge in [-0.15, -0.1) is 0 Å². The smallest absolute Gasteiger partial charge is 0.870 e. The van der Waals surface area contributed by atoms with Crippen LogP contribution in [0.1, 0.15) is 50.5 Å². The number of carbonyl (C=O) groups excluding carboxylic acids is 3. The molecule has 0 fully saturated rings. The van der Waals surface area contributed by atoms with Gasteiger partial charge in [-0.25, -0.2) is 4.89 Å². The Morgan fingerprint density at radius 1 is 0.837 bits per heavy atom. The first-order valence-corrected chi connectivity index (χ1v) is 14.1. The van der Waals surface area contributed by atoms with Gasteiger partial charge in [-0.2, -0.15) is 22.7 Å². The zero-order valence-electron chi connectivity index (χ0n) is 23.8. The molecule has 6 rings (SSSR count). The molecule has 4 heterocycles. The molecule has 0 saturated heterocycles. The Morgan fingerprint density at radius 3 is 1.77 bits per heavy atom. The second kappa shape index (κ2) is 20.6. The van der Waals surface area contributed by atoms with Crippen LogP contribution < -0.4 is 48.5 Å². The summed E-state index contributed by atoms with van der Waals surface area (Å²) < 4.78 is 20.7. The van der Waals surface area contributed by atoms with Crippen LogP contribution >= 0.6 is 22.7 Å². The fraction of sp³-hybridized carbons (Fsp3) is 0.167. The van der Waals surface area contributed by atoms with E-state index in [1.165, 1.54) is 18.3 Å². The minimum Gasteiger partial charge on any atom is -0.870 e. The molecule has 43 heavy (non-hydrogen) atoms. The Bertz CT molecular complexity index is 1440. The van der Waals surface area contributed by atoms with Gasteiger partial charge in [0.1, 0.15) is 0 Å². The van der Waals surface area contributed by atoms with Gasteiger partial charge in [0.05, 0.1) is 6.61 Å². The number of allylic oxidation sites excluding steroid dienone is 1. The number of ether oxygens (including phenoxy) is 4. The summed E-state index contributed by atoms with van der Waals surface area (Å²) in [6, 6.07) is 14.1. The van der Waals surface area contributed by atoms with Crippen molar-refractivity contribution in [2.24, 2.45) is 0 Å². The van der Waals surface area contributed by atoms with Crippen molar-refractivity contribution in [3.05, 3.63) is 98.4 Å². The number of Topliss-reactive ketones (excluding diaryl/α,β-unsaturated/α-hetero) is 1. The summed E-state index contributed by atoms with van der Waals surface area (Å²) >= 11 is 3.14. The Balaban J connectivity index is 0.000000321. The van der Waals surface area contributed by atoms with E-state index in [9.17, 15) is 14.4 Å². The van der Waals surface area contributed by atoms with Crippen LogP contribution in [-0.2, 0) is 4.89 Å². The number of ketones is 2. The van der Waals surface area contributed by atoms with E-state index in [1.807, 2.05) is 33.7 Å².